The van der Waals surface area contributed by atoms with E-state index in [1.165, 1.54) is 12.8 Å². The van der Waals surface area contributed by atoms with E-state index in [-0.39, 0.29) is 0 Å². The van der Waals surface area contributed by atoms with Gasteiger partial charge in [-0.25, -0.2) is 4.98 Å². The van der Waals surface area contributed by atoms with Gasteiger partial charge in [0.2, 0.25) is 0 Å². The van der Waals surface area contributed by atoms with Gasteiger partial charge < -0.3 is 4.42 Å². The molecule has 0 amide bonds. The van der Waals surface area contributed by atoms with Gasteiger partial charge in [-0.3, -0.25) is 0 Å². The van der Waals surface area contributed by atoms with Crippen LogP contribution < -0.4 is 0 Å². The number of oxazole rings is 1. The zero-order chi connectivity index (χ0) is 6.97. The molecule has 1 aliphatic carbocycles. The number of rotatable bonds is 2. The summed E-state index contributed by atoms with van der Waals surface area (Å²) in [6, 6.07) is 0. The first-order valence-electron chi connectivity index (χ1n) is 3.84. The molecule has 0 saturated heterocycles. The van der Waals surface area contributed by atoms with E-state index in [1.807, 2.05) is 0 Å². The maximum atomic E-state index is 5.27. The Morgan fingerprint density at radius 2 is 2.50 bits per heavy atom. The van der Waals surface area contributed by atoms with E-state index in [2.05, 4.69) is 11.9 Å². The lowest BCUT2D eigenvalue weighted by molar-refractivity contribution is 0.497. The summed E-state index contributed by atoms with van der Waals surface area (Å²) in [5.41, 5.74) is 1.09. The minimum Gasteiger partial charge on any atom is -0.448 e. The first kappa shape index (κ1) is 5.96. The predicted molar refractivity (Wildman–Crippen MR) is 37.9 cm³/mol. The highest BCUT2D eigenvalue weighted by atomic mass is 16.3. The van der Waals surface area contributed by atoms with Crippen LogP contribution in [0.4, 0.5) is 0 Å². The van der Waals surface area contributed by atoms with Crippen LogP contribution in [-0.4, -0.2) is 4.98 Å². The Kier molecular flexibility index (Phi) is 1.26. The Morgan fingerprint density at radius 3 is 3.00 bits per heavy atom. The molecule has 0 atom stereocenters. The third-order valence-electron chi connectivity index (χ3n) is 1.86. The van der Waals surface area contributed by atoms with Gasteiger partial charge >= 0.3 is 0 Å². The standard InChI is InChI=1S/C8H11NO/c1-2-7-5-10-8(9-7)6-3-4-6/h5-6H,2-4H2,1H3. The molecule has 1 aliphatic rings. The molecule has 2 rings (SSSR count). The second kappa shape index (κ2) is 2.11. The largest absolute Gasteiger partial charge is 0.448 e. The fourth-order valence-corrected chi connectivity index (χ4v) is 1.00. The molecule has 2 nitrogen and oxygen atoms in total. The lowest BCUT2D eigenvalue weighted by atomic mass is 10.4. The highest BCUT2D eigenvalue weighted by Crippen LogP contribution is 2.39. The van der Waals surface area contributed by atoms with E-state index < -0.39 is 0 Å². The fourth-order valence-electron chi connectivity index (χ4n) is 1.00. The van der Waals surface area contributed by atoms with Crippen molar-refractivity contribution in [2.75, 3.05) is 0 Å². The van der Waals surface area contributed by atoms with Gasteiger partial charge in [0.25, 0.3) is 0 Å². The molecule has 0 aromatic carbocycles. The van der Waals surface area contributed by atoms with Crippen molar-refractivity contribution >= 4 is 0 Å². The Hall–Kier alpha value is -0.790. The van der Waals surface area contributed by atoms with Gasteiger partial charge in [0.15, 0.2) is 5.89 Å². The molecule has 0 aliphatic heterocycles. The van der Waals surface area contributed by atoms with Gasteiger partial charge in [0.05, 0.1) is 5.69 Å². The third-order valence-corrected chi connectivity index (χ3v) is 1.86. The second-order valence-electron chi connectivity index (χ2n) is 2.80. The Morgan fingerprint density at radius 1 is 1.70 bits per heavy atom. The zero-order valence-corrected chi connectivity index (χ0v) is 6.13. The van der Waals surface area contributed by atoms with E-state index >= 15 is 0 Å². The van der Waals surface area contributed by atoms with Crippen LogP contribution in [0.15, 0.2) is 10.7 Å². The Bertz CT molecular complexity index is 225. The number of aryl methyl sites for hydroxylation is 1. The van der Waals surface area contributed by atoms with Crippen molar-refractivity contribution < 1.29 is 4.42 Å². The van der Waals surface area contributed by atoms with Crippen molar-refractivity contribution in [1.82, 2.24) is 4.98 Å². The summed E-state index contributed by atoms with van der Waals surface area (Å²) in [5, 5.41) is 0. The van der Waals surface area contributed by atoms with E-state index in [0.29, 0.717) is 5.92 Å². The molecule has 2 heteroatoms. The highest BCUT2D eigenvalue weighted by Gasteiger charge is 2.28. The first-order valence-corrected chi connectivity index (χ1v) is 3.84. The lowest BCUT2D eigenvalue weighted by Crippen LogP contribution is -1.81. The topological polar surface area (TPSA) is 26.0 Å². The minimum absolute atomic E-state index is 0.653. The van der Waals surface area contributed by atoms with E-state index in [9.17, 15) is 0 Å². The summed E-state index contributed by atoms with van der Waals surface area (Å²) in [4.78, 5) is 4.32. The SMILES string of the molecule is CCc1coc(C2CC2)n1. The molecular formula is C8H11NO. The van der Waals surface area contributed by atoms with Crippen LogP contribution in [0.1, 0.15) is 37.3 Å². The summed E-state index contributed by atoms with van der Waals surface area (Å²) < 4.78 is 5.27. The number of hydrogen-bond donors (Lipinski definition) is 0. The van der Waals surface area contributed by atoms with Crippen LogP contribution in [0.25, 0.3) is 0 Å². The fraction of sp³-hybridized carbons (Fsp3) is 0.625. The third kappa shape index (κ3) is 0.939. The van der Waals surface area contributed by atoms with Gasteiger partial charge in [-0.05, 0) is 19.3 Å². The molecule has 1 aromatic heterocycles. The summed E-state index contributed by atoms with van der Waals surface area (Å²) in [7, 11) is 0. The molecule has 1 heterocycles. The second-order valence-corrected chi connectivity index (χ2v) is 2.80. The van der Waals surface area contributed by atoms with Gasteiger partial charge in [-0.15, -0.1) is 0 Å². The van der Waals surface area contributed by atoms with E-state index in [1.54, 1.807) is 6.26 Å². The average Bonchev–Trinajstić information content (AvgIpc) is 2.70. The monoisotopic (exact) mass is 137 g/mol. The van der Waals surface area contributed by atoms with Crippen LogP contribution in [0.2, 0.25) is 0 Å². The van der Waals surface area contributed by atoms with E-state index in [4.69, 9.17) is 4.42 Å². The van der Waals surface area contributed by atoms with Crippen LogP contribution in [0, 0.1) is 0 Å². The number of aromatic nitrogens is 1. The summed E-state index contributed by atoms with van der Waals surface area (Å²) in [6.07, 6.45) is 5.29. The van der Waals surface area contributed by atoms with Gasteiger partial charge in [-0.1, -0.05) is 6.92 Å². The van der Waals surface area contributed by atoms with Crippen molar-refractivity contribution in [3.63, 3.8) is 0 Å². The average molecular weight is 137 g/mol. The highest BCUT2D eigenvalue weighted by molar-refractivity contribution is 5.05. The lowest BCUT2D eigenvalue weighted by Gasteiger charge is -1.82. The van der Waals surface area contributed by atoms with Crippen LogP contribution in [0.3, 0.4) is 0 Å². The molecule has 0 bridgehead atoms. The van der Waals surface area contributed by atoms with Gasteiger partial charge in [0.1, 0.15) is 6.26 Å². The maximum Gasteiger partial charge on any atom is 0.197 e. The van der Waals surface area contributed by atoms with Gasteiger partial charge in [0, 0.05) is 5.92 Å². The van der Waals surface area contributed by atoms with Crippen LogP contribution in [0.5, 0.6) is 0 Å². The molecule has 1 fully saturated rings. The maximum absolute atomic E-state index is 5.27. The van der Waals surface area contributed by atoms with E-state index in [0.717, 1.165) is 18.0 Å². The zero-order valence-electron chi connectivity index (χ0n) is 6.13. The molecule has 0 spiro atoms. The molecule has 0 radical (unpaired) electrons. The first-order chi connectivity index (χ1) is 4.90. The van der Waals surface area contributed by atoms with Crippen molar-refractivity contribution in [2.45, 2.75) is 32.1 Å². The summed E-state index contributed by atoms with van der Waals surface area (Å²) in [5.74, 6) is 1.61. The molecule has 0 unspecified atom stereocenters. The molecular weight excluding hydrogens is 126 g/mol. The molecule has 10 heavy (non-hydrogen) atoms. The Labute approximate surface area is 60.3 Å². The number of hydrogen-bond acceptors (Lipinski definition) is 2. The van der Waals surface area contributed by atoms with Gasteiger partial charge in [-0.2, -0.15) is 0 Å². The van der Waals surface area contributed by atoms with Crippen LogP contribution in [-0.2, 0) is 6.42 Å². The molecule has 54 valence electrons. The van der Waals surface area contributed by atoms with Crippen molar-refractivity contribution in [2.24, 2.45) is 0 Å². The predicted octanol–water partition coefficient (Wildman–Crippen LogP) is 2.11. The summed E-state index contributed by atoms with van der Waals surface area (Å²) >= 11 is 0. The molecule has 1 saturated carbocycles. The number of nitrogens with zero attached hydrogens (tertiary/aromatic N) is 1. The van der Waals surface area contributed by atoms with Crippen molar-refractivity contribution in [3.05, 3.63) is 17.8 Å². The van der Waals surface area contributed by atoms with Crippen molar-refractivity contribution in [3.8, 4) is 0 Å². The quantitative estimate of drug-likeness (QED) is 0.624. The smallest absolute Gasteiger partial charge is 0.197 e. The molecule has 1 aromatic rings. The normalized spacial score (nSPS) is 17.7. The molecule has 0 N–H and O–H groups in total. The van der Waals surface area contributed by atoms with Crippen molar-refractivity contribution in [1.29, 1.82) is 0 Å². The Balaban J connectivity index is 2.19. The van der Waals surface area contributed by atoms with Crippen LogP contribution >= 0.6 is 0 Å². The minimum atomic E-state index is 0.653. The summed E-state index contributed by atoms with van der Waals surface area (Å²) in [6.45, 7) is 2.09.